The Morgan fingerprint density at radius 2 is 2.21 bits per heavy atom. The molecule has 0 aliphatic rings. The van der Waals surface area contributed by atoms with Gasteiger partial charge in [-0.1, -0.05) is 0 Å². The number of nitrogen functional groups attached to an aromatic ring is 1. The summed E-state index contributed by atoms with van der Waals surface area (Å²) < 4.78 is 11.3. The fourth-order valence-electron chi connectivity index (χ4n) is 1.35. The van der Waals surface area contributed by atoms with Crippen LogP contribution >= 0.6 is 0 Å². The Hall–Kier alpha value is -1.42. The molecule has 1 unspecified atom stereocenters. The van der Waals surface area contributed by atoms with Crippen LogP contribution in [0.25, 0.3) is 10.9 Å². The predicted molar refractivity (Wildman–Crippen MR) is 58.5 cm³/mol. The van der Waals surface area contributed by atoms with Crippen LogP contribution in [-0.2, 0) is 10.8 Å². The third-order valence-corrected chi connectivity index (χ3v) is 2.96. The highest BCUT2D eigenvalue weighted by molar-refractivity contribution is 7.84. The van der Waals surface area contributed by atoms with Crippen LogP contribution in [0.4, 0.5) is 5.69 Å². The number of nitrogens with two attached hydrogens (primary N) is 1. The van der Waals surface area contributed by atoms with E-state index in [1.165, 1.54) is 0 Å². The minimum Gasteiger partial charge on any atom is -0.398 e. The van der Waals surface area contributed by atoms with Crippen LogP contribution in [0, 0.1) is 0 Å². The molecule has 0 bridgehead atoms. The van der Waals surface area contributed by atoms with Crippen LogP contribution in [0.1, 0.15) is 0 Å². The molecule has 72 valence electrons. The molecule has 2 aromatic rings. The van der Waals surface area contributed by atoms with Gasteiger partial charge in [-0.15, -0.1) is 0 Å². The summed E-state index contributed by atoms with van der Waals surface area (Å²) in [4.78, 5) is 4.89. The number of nitrogens with zero attached hydrogens (tertiary/aromatic N) is 1. The van der Waals surface area contributed by atoms with Crippen molar-refractivity contribution in [3.05, 3.63) is 30.5 Å². The van der Waals surface area contributed by atoms with Crippen LogP contribution < -0.4 is 5.73 Å². The highest BCUT2D eigenvalue weighted by atomic mass is 32.2. The van der Waals surface area contributed by atoms with E-state index in [4.69, 9.17) is 5.73 Å². The number of anilines is 1. The number of pyridine rings is 1. The average Bonchev–Trinajstić information content (AvgIpc) is 2.17. The van der Waals surface area contributed by atoms with Crippen LogP contribution in [0.2, 0.25) is 0 Å². The first-order valence-corrected chi connectivity index (χ1v) is 5.72. The van der Waals surface area contributed by atoms with E-state index in [-0.39, 0.29) is 0 Å². The molecule has 0 saturated heterocycles. The smallest absolute Gasteiger partial charge is 0.0734 e. The van der Waals surface area contributed by atoms with Gasteiger partial charge in [-0.2, -0.15) is 0 Å². The van der Waals surface area contributed by atoms with Crippen LogP contribution in [0.3, 0.4) is 0 Å². The summed E-state index contributed by atoms with van der Waals surface area (Å²) >= 11 is 0. The highest BCUT2D eigenvalue weighted by Gasteiger charge is 2.03. The molecule has 1 heterocycles. The summed E-state index contributed by atoms with van der Waals surface area (Å²) in [7, 11) is -1.02. The van der Waals surface area contributed by atoms with Crippen molar-refractivity contribution in [3.8, 4) is 0 Å². The molecule has 1 aromatic heterocycles. The van der Waals surface area contributed by atoms with E-state index in [1.54, 1.807) is 18.5 Å². The first kappa shape index (κ1) is 9.15. The van der Waals surface area contributed by atoms with Crippen molar-refractivity contribution in [1.82, 2.24) is 4.98 Å². The molecule has 2 N–H and O–H groups in total. The maximum atomic E-state index is 11.3. The summed E-state index contributed by atoms with van der Waals surface area (Å²) in [5, 5.41) is 0.904. The zero-order chi connectivity index (χ0) is 10.1. The lowest BCUT2D eigenvalue weighted by molar-refractivity contribution is 0.687. The van der Waals surface area contributed by atoms with Crippen molar-refractivity contribution in [2.45, 2.75) is 4.90 Å². The first-order valence-electron chi connectivity index (χ1n) is 4.16. The SMILES string of the molecule is CS(=O)c1cc(N)c2cccnc2c1. The molecule has 3 nitrogen and oxygen atoms in total. The molecule has 0 radical (unpaired) electrons. The van der Waals surface area contributed by atoms with E-state index in [2.05, 4.69) is 4.98 Å². The third-order valence-electron chi connectivity index (χ3n) is 2.06. The van der Waals surface area contributed by atoms with Crippen molar-refractivity contribution in [2.24, 2.45) is 0 Å². The second-order valence-corrected chi connectivity index (χ2v) is 4.42. The number of rotatable bonds is 1. The zero-order valence-corrected chi connectivity index (χ0v) is 8.54. The van der Waals surface area contributed by atoms with Gasteiger partial charge in [0.2, 0.25) is 0 Å². The van der Waals surface area contributed by atoms with Gasteiger partial charge in [0.15, 0.2) is 0 Å². The Morgan fingerprint density at radius 1 is 1.43 bits per heavy atom. The molecule has 1 aromatic carbocycles. The summed E-state index contributed by atoms with van der Waals surface area (Å²) in [5.74, 6) is 0. The van der Waals surface area contributed by atoms with Gasteiger partial charge in [0, 0.05) is 39.2 Å². The zero-order valence-electron chi connectivity index (χ0n) is 7.73. The van der Waals surface area contributed by atoms with Gasteiger partial charge in [-0.3, -0.25) is 9.19 Å². The second kappa shape index (κ2) is 3.38. The molecule has 0 amide bonds. The summed E-state index contributed by atoms with van der Waals surface area (Å²) in [5.41, 5.74) is 7.24. The molecular formula is C10H10N2OS. The van der Waals surface area contributed by atoms with E-state index in [0.717, 1.165) is 10.9 Å². The molecule has 0 fully saturated rings. The van der Waals surface area contributed by atoms with Gasteiger partial charge in [0.1, 0.15) is 0 Å². The predicted octanol–water partition coefficient (Wildman–Crippen LogP) is 1.55. The van der Waals surface area contributed by atoms with E-state index >= 15 is 0 Å². The average molecular weight is 206 g/mol. The van der Waals surface area contributed by atoms with Gasteiger partial charge in [-0.05, 0) is 24.3 Å². The normalized spacial score (nSPS) is 12.9. The van der Waals surface area contributed by atoms with E-state index in [0.29, 0.717) is 10.6 Å². The molecule has 0 aliphatic heterocycles. The number of fused-ring (bicyclic) bond motifs is 1. The molecule has 2 rings (SSSR count). The fraction of sp³-hybridized carbons (Fsp3) is 0.100. The van der Waals surface area contributed by atoms with E-state index in [9.17, 15) is 4.21 Å². The Bertz CT molecular complexity index is 510. The number of hydrogen-bond acceptors (Lipinski definition) is 3. The van der Waals surface area contributed by atoms with Crippen molar-refractivity contribution in [2.75, 3.05) is 12.0 Å². The third kappa shape index (κ3) is 1.48. The lowest BCUT2D eigenvalue weighted by Gasteiger charge is -2.03. The lowest BCUT2D eigenvalue weighted by Crippen LogP contribution is -1.93. The molecule has 1 atom stereocenters. The number of hydrogen-bond donors (Lipinski definition) is 1. The van der Waals surface area contributed by atoms with E-state index in [1.807, 2.05) is 18.2 Å². The van der Waals surface area contributed by atoms with Gasteiger partial charge < -0.3 is 5.73 Å². The molecule has 0 aliphatic carbocycles. The van der Waals surface area contributed by atoms with Gasteiger partial charge in [0.05, 0.1) is 5.52 Å². The minimum absolute atomic E-state index is 0.626. The monoisotopic (exact) mass is 206 g/mol. The van der Waals surface area contributed by atoms with E-state index < -0.39 is 10.8 Å². The molecule has 0 saturated carbocycles. The van der Waals surface area contributed by atoms with Crippen molar-refractivity contribution in [1.29, 1.82) is 0 Å². The maximum Gasteiger partial charge on any atom is 0.0734 e. The maximum absolute atomic E-state index is 11.3. The van der Waals surface area contributed by atoms with Crippen LogP contribution in [0.5, 0.6) is 0 Å². The second-order valence-electron chi connectivity index (χ2n) is 3.04. The van der Waals surface area contributed by atoms with Crippen LogP contribution in [-0.4, -0.2) is 15.4 Å². The van der Waals surface area contributed by atoms with Crippen molar-refractivity contribution >= 4 is 27.4 Å². The first-order chi connectivity index (χ1) is 6.68. The Kier molecular flexibility index (Phi) is 2.21. The van der Waals surface area contributed by atoms with Gasteiger partial charge in [0.25, 0.3) is 0 Å². The number of benzene rings is 1. The minimum atomic E-state index is -1.02. The molecule has 0 spiro atoms. The molecular weight excluding hydrogens is 196 g/mol. The lowest BCUT2D eigenvalue weighted by atomic mass is 10.2. The summed E-state index contributed by atoms with van der Waals surface area (Å²) in [6, 6.07) is 7.28. The summed E-state index contributed by atoms with van der Waals surface area (Å²) in [6.07, 6.45) is 3.33. The largest absolute Gasteiger partial charge is 0.398 e. The number of aromatic nitrogens is 1. The van der Waals surface area contributed by atoms with Gasteiger partial charge >= 0.3 is 0 Å². The van der Waals surface area contributed by atoms with Crippen molar-refractivity contribution < 1.29 is 4.21 Å². The quantitative estimate of drug-likeness (QED) is 0.720. The van der Waals surface area contributed by atoms with Gasteiger partial charge in [-0.25, -0.2) is 0 Å². The summed E-state index contributed by atoms with van der Waals surface area (Å²) in [6.45, 7) is 0. The standard InChI is InChI=1S/C10H10N2OS/c1-14(13)7-5-9(11)8-3-2-4-12-10(8)6-7/h2-6H,11H2,1H3. The fourth-order valence-corrected chi connectivity index (χ4v) is 1.92. The highest BCUT2D eigenvalue weighted by Crippen LogP contribution is 2.22. The molecule has 4 heteroatoms. The van der Waals surface area contributed by atoms with Crippen molar-refractivity contribution in [3.63, 3.8) is 0 Å². The molecule has 14 heavy (non-hydrogen) atoms. The Labute approximate surface area is 84.4 Å². The van der Waals surface area contributed by atoms with Crippen LogP contribution in [0.15, 0.2) is 35.4 Å². The Morgan fingerprint density at radius 3 is 2.93 bits per heavy atom. The topological polar surface area (TPSA) is 56.0 Å². The Balaban J connectivity index is 2.78.